The van der Waals surface area contributed by atoms with E-state index in [2.05, 4.69) is 62.5 Å². The van der Waals surface area contributed by atoms with Gasteiger partial charge in [0.15, 0.2) is 5.96 Å². The van der Waals surface area contributed by atoms with Gasteiger partial charge >= 0.3 is 0 Å². The molecule has 16 N–H and O–H groups in total. The second kappa shape index (κ2) is 28.9. The number of aromatic amines is 2. The number of carbonyl (C=O) groups is 9. The Hall–Kier alpha value is -8.83. The molecule has 1 aliphatic heterocycles. The SMILES string of the molecule is CCCC[C@H](NC(C)=O)C(=O)NC1CC(=O)N[C@@H](Cc2cnc[nH]2)C(=O)N[C@H](Cc2ccc3ccccc3c2)C(=O)N[C@@H](CCCN=C(N)N)C(=O)N[C@@H](Cc2c[nH]c3ccccc23)C(=O)N[C@H](C(N)=O)CCCCNC1=O. The first-order valence-corrected chi connectivity index (χ1v) is 26.2. The standard InChI is InChI=1S/C54H71N15O9/c1-3-4-15-40(63-31(2)70)49(74)69-45-27-46(71)64-44(26-36-29-58-30-62-36)53(78)67-42(24-32-19-20-33-12-5-6-13-34(33)23-32)51(76)66-41(18-11-22-60-54(56)57)50(75)68-43(25-35-28-61-38-16-8-7-14-37(35)38)52(77)65-39(47(55)72)17-9-10-21-59-48(45)73/h5-8,12-14,16,19-20,23,28-30,39-45,61H,3-4,9-11,15,17-18,21-22,24-27H2,1-2H3,(H2,55,72)(H,58,62)(H,59,73)(H,63,70)(H,64,71)(H,65,77)(H,66,76)(H,67,78)(H,68,75)(H,69,74)(H4,56,57,60)/t39-,40-,41-,42+,43-,44-,45?/m0/s1. The van der Waals surface area contributed by atoms with Gasteiger partial charge in [-0.1, -0.05) is 80.4 Å². The number of carbonyl (C=O) groups excluding carboxylic acids is 9. The number of benzene rings is 3. The van der Waals surface area contributed by atoms with Crippen molar-refractivity contribution < 1.29 is 43.2 Å². The molecule has 24 heteroatoms. The van der Waals surface area contributed by atoms with Crippen LogP contribution in [0.1, 0.15) is 88.5 Å². The molecule has 7 atom stereocenters. The van der Waals surface area contributed by atoms with E-state index in [1.807, 2.05) is 67.6 Å². The summed E-state index contributed by atoms with van der Waals surface area (Å²) < 4.78 is 0. The molecular formula is C54H71N15O9. The summed E-state index contributed by atoms with van der Waals surface area (Å²) in [4.78, 5) is 140. The average molecular weight is 1070 g/mol. The predicted octanol–water partition coefficient (Wildman–Crippen LogP) is -0.0951. The summed E-state index contributed by atoms with van der Waals surface area (Å²) in [6.45, 7) is 3.21. The average Bonchev–Trinajstić information content (AvgIpc) is 4.09. The number of nitrogens with zero attached hydrogens (tertiary/aromatic N) is 2. The largest absolute Gasteiger partial charge is 0.370 e. The lowest BCUT2D eigenvalue weighted by Gasteiger charge is -2.27. The number of hydrogen-bond donors (Lipinski definition) is 13. The van der Waals surface area contributed by atoms with E-state index >= 15 is 0 Å². The third kappa shape index (κ3) is 17.6. The third-order valence-corrected chi connectivity index (χ3v) is 13.3. The first-order chi connectivity index (χ1) is 37.5. The molecule has 5 aromatic rings. The van der Waals surface area contributed by atoms with E-state index in [1.54, 1.807) is 12.3 Å². The Kier molecular flexibility index (Phi) is 21.6. The number of aromatic nitrogens is 3. The number of H-pyrrole nitrogens is 2. The van der Waals surface area contributed by atoms with E-state index < -0.39 is 102 Å². The van der Waals surface area contributed by atoms with Crippen molar-refractivity contribution >= 4 is 80.8 Å². The van der Waals surface area contributed by atoms with Gasteiger partial charge in [0.25, 0.3) is 0 Å². The number of amides is 9. The number of unbranched alkanes of at least 4 members (excludes halogenated alkanes) is 1. The summed E-state index contributed by atoms with van der Waals surface area (Å²) in [7, 11) is 0. The zero-order valence-electron chi connectivity index (χ0n) is 43.8. The molecule has 9 amide bonds. The minimum Gasteiger partial charge on any atom is -0.370 e. The lowest BCUT2D eigenvalue weighted by Crippen LogP contribution is -2.60. The number of imidazole rings is 1. The van der Waals surface area contributed by atoms with Crippen LogP contribution in [-0.4, -0.2) is 129 Å². The van der Waals surface area contributed by atoms with Crippen molar-refractivity contribution in [1.82, 2.24) is 57.5 Å². The van der Waals surface area contributed by atoms with Crippen molar-refractivity contribution in [2.24, 2.45) is 22.2 Å². The maximum Gasteiger partial charge on any atom is 0.243 e. The lowest BCUT2D eigenvalue weighted by molar-refractivity contribution is -0.135. The van der Waals surface area contributed by atoms with Gasteiger partial charge in [-0.25, -0.2) is 4.98 Å². The molecule has 0 radical (unpaired) electrons. The fourth-order valence-corrected chi connectivity index (χ4v) is 9.16. The van der Waals surface area contributed by atoms with Gasteiger partial charge in [-0.05, 0) is 66.5 Å². The highest BCUT2D eigenvalue weighted by molar-refractivity contribution is 5.98. The van der Waals surface area contributed by atoms with Crippen LogP contribution < -0.4 is 59.7 Å². The summed E-state index contributed by atoms with van der Waals surface area (Å²) >= 11 is 0. The number of aliphatic imine (C=N–C) groups is 1. The smallest absolute Gasteiger partial charge is 0.243 e. The van der Waals surface area contributed by atoms with Crippen LogP contribution >= 0.6 is 0 Å². The number of primary amides is 1. The second-order valence-corrected chi connectivity index (χ2v) is 19.4. The second-order valence-electron chi connectivity index (χ2n) is 19.4. The molecule has 0 aliphatic carbocycles. The Morgan fingerprint density at radius 3 is 2.13 bits per heavy atom. The fourth-order valence-electron chi connectivity index (χ4n) is 9.16. The van der Waals surface area contributed by atoms with Crippen LogP contribution in [0.2, 0.25) is 0 Å². The molecule has 24 nitrogen and oxygen atoms in total. The Morgan fingerprint density at radius 1 is 0.744 bits per heavy atom. The molecule has 0 saturated carbocycles. The van der Waals surface area contributed by atoms with E-state index in [0.29, 0.717) is 29.7 Å². The normalized spacial score (nSPS) is 20.9. The molecule has 0 bridgehead atoms. The Balaban J connectivity index is 1.40. The van der Waals surface area contributed by atoms with Gasteiger partial charge < -0.3 is 69.7 Å². The van der Waals surface area contributed by atoms with Gasteiger partial charge in [-0.3, -0.25) is 48.1 Å². The minimum absolute atomic E-state index is 0.00842. The van der Waals surface area contributed by atoms with Crippen molar-refractivity contribution in [1.29, 1.82) is 0 Å². The molecule has 78 heavy (non-hydrogen) atoms. The number of guanidine groups is 1. The van der Waals surface area contributed by atoms with Crippen LogP contribution in [0.15, 0.2) is 90.4 Å². The first-order valence-electron chi connectivity index (χ1n) is 26.2. The van der Waals surface area contributed by atoms with E-state index in [1.165, 1.54) is 19.4 Å². The molecule has 3 aromatic carbocycles. The summed E-state index contributed by atoms with van der Waals surface area (Å²) in [6.07, 6.45) is 5.62. The summed E-state index contributed by atoms with van der Waals surface area (Å²) in [5.41, 5.74) is 19.5. The lowest BCUT2D eigenvalue weighted by atomic mass is 9.99. The molecule has 1 aliphatic rings. The summed E-state index contributed by atoms with van der Waals surface area (Å²) in [5.74, 6) is -7.06. The number of nitrogens with one attached hydrogen (secondary N) is 10. The van der Waals surface area contributed by atoms with Crippen molar-refractivity contribution in [2.75, 3.05) is 13.1 Å². The maximum absolute atomic E-state index is 14.9. The molecule has 3 heterocycles. The molecule has 416 valence electrons. The number of rotatable bonds is 17. The van der Waals surface area contributed by atoms with Crippen LogP contribution in [-0.2, 0) is 62.4 Å². The highest BCUT2D eigenvalue weighted by atomic mass is 16.2. The monoisotopic (exact) mass is 1070 g/mol. The zero-order valence-corrected chi connectivity index (χ0v) is 43.8. The van der Waals surface area contributed by atoms with Crippen LogP contribution in [0.3, 0.4) is 0 Å². The van der Waals surface area contributed by atoms with Crippen LogP contribution in [0.25, 0.3) is 21.7 Å². The number of fused-ring (bicyclic) bond motifs is 2. The van der Waals surface area contributed by atoms with Crippen LogP contribution in [0.5, 0.6) is 0 Å². The number of nitrogens with two attached hydrogens (primary N) is 3. The van der Waals surface area contributed by atoms with Crippen LogP contribution in [0.4, 0.5) is 0 Å². The molecule has 0 spiro atoms. The molecule has 1 saturated heterocycles. The van der Waals surface area contributed by atoms with Crippen LogP contribution in [0, 0.1) is 0 Å². The Bertz CT molecular complexity index is 2940. The van der Waals surface area contributed by atoms with Crippen molar-refractivity contribution in [2.45, 2.75) is 133 Å². The topological polar surface area (TPSA) is 385 Å². The van der Waals surface area contributed by atoms with E-state index in [0.717, 1.165) is 21.7 Å². The van der Waals surface area contributed by atoms with E-state index in [-0.39, 0.29) is 76.8 Å². The number of hydrogen-bond acceptors (Lipinski definition) is 11. The molecule has 1 unspecified atom stereocenters. The van der Waals surface area contributed by atoms with Gasteiger partial charge in [-0.2, -0.15) is 0 Å². The van der Waals surface area contributed by atoms with Gasteiger partial charge in [0.2, 0.25) is 53.2 Å². The van der Waals surface area contributed by atoms with E-state index in [4.69, 9.17) is 17.2 Å². The Morgan fingerprint density at radius 2 is 1.42 bits per heavy atom. The summed E-state index contributed by atoms with van der Waals surface area (Å²) in [5, 5.41) is 24.3. The van der Waals surface area contributed by atoms with E-state index in [9.17, 15) is 43.2 Å². The number of para-hydroxylation sites is 1. The molecule has 2 aromatic heterocycles. The zero-order chi connectivity index (χ0) is 56.1. The maximum atomic E-state index is 14.9. The minimum atomic E-state index is -1.51. The van der Waals surface area contributed by atoms with Gasteiger partial charge in [0, 0.05) is 68.3 Å². The van der Waals surface area contributed by atoms with Gasteiger partial charge in [0.1, 0.15) is 42.3 Å². The highest BCUT2D eigenvalue weighted by Gasteiger charge is 2.35. The van der Waals surface area contributed by atoms with Crippen molar-refractivity contribution in [3.8, 4) is 0 Å². The quantitative estimate of drug-likeness (QED) is 0.0330. The highest BCUT2D eigenvalue weighted by Crippen LogP contribution is 2.21. The van der Waals surface area contributed by atoms with Crippen molar-refractivity contribution in [3.63, 3.8) is 0 Å². The van der Waals surface area contributed by atoms with Crippen molar-refractivity contribution in [3.05, 3.63) is 102 Å². The summed E-state index contributed by atoms with van der Waals surface area (Å²) in [6, 6.07) is 11.1. The Labute approximate surface area is 450 Å². The molecule has 6 rings (SSSR count). The third-order valence-electron chi connectivity index (χ3n) is 13.3. The molecule has 1 fully saturated rings. The fraction of sp³-hybridized carbons (Fsp3) is 0.426. The molecular weight excluding hydrogens is 1000 g/mol. The van der Waals surface area contributed by atoms with Gasteiger partial charge in [-0.15, -0.1) is 0 Å². The van der Waals surface area contributed by atoms with Gasteiger partial charge in [0.05, 0.1) is 12.7 Å². The first kappa shape index (κ1) is 58.4. The predicted molar refractivity (Wildman–Crippen MR) is 291 cm³/mol.